The maximum Gasteiger partial charge on any atom is 0.389 e. The topological polar surface area (TPSA) is 95.9 Å². The molecule has 0 radical (unpaired) electrons. The van der Waals surface area contributed by atoms with Gasteiger partial charge in [0.2, 0.25) is 11.2 Å². The number of ether oxygens (including phenoxy) is 2. The lowest BCUT2D eigenvalue weighted by molar-refractivity contribution is 0.0933. The minimum absolute atomic E-state index is 0.259. The zero-order valence-electron chi connectivity index (χ0n) is 14.5. The Kier molecular flexibility index (Phi) is 6.57. The molecule has 2 aromatic carbocycles. The van der Waals surface area contributed by atoms with Crippen LogP contribution in [0.25, 0.3) is 4.98 Å². The average Bonchev–Trinajstić information content (AvgIpc) is 2.67. The van der Waals surface area contributed by atoms with Gasteiger partial charge in [-0.25, -0.2) is 0 Å². The third-order valence-electron chi connectivity index (χ3n) is 3.78. The van der Waals surface area contributed by atoms with E-state index in [1.165, 1.54) is 14.2 Å². The van der Waals surface area contributed by atoms with E-state index in [1.54, 1.807) is 18.2 Å². The van der Waals surface area contributed by atoms with Gasteiger partial charge in [0.05, 0.1) is 20.3 Å². The van der Waals surface area contributed by atoms with E-state index in [4.69, 9.17) is 14.9 Å². The number of amides is 1. The van der Waals surface area contributed by atoms with Crippen LogP contribution in [-0.4, -0.2) is 31.3 Å². The van der Waals surface area contributed by atoms with E-state index in [2.05, 4.69) is 10.3 Å². The maximum atomic E-state index is 12.6. The Morgan fingerprint density at radius 1 is 1.19 bits per heavy atom. The Morgan fingerprint density at radius 2 is 1.88 bits per heavy atom. The van der Waals surface area contributed by atoms with Crippen molar-refractivity contribution in [3.05, 3.63) is 76.6 Å². The molecule has 0 heterocycles. The molecule has 1 atom stereocenters. The highest BCUT2D eigenvalue weighted by atomic mass is 16.5. The molecule has 0 fully saturated rings. The van der Waals surface area contributed by atoms with Crippen molar-refractivity contribution in [2.24, 2.45) is 0 Å². The lowest BCUT2D eigenvalue weighted by atomic mass is 10.0. The summed E-state index contributed by atoms with van der Waals surface area (Å²) >= 11 is 0. The lowest BCUT2D eigenvalue weighted by Gasteiger charge is -2.17. The molecule has 0 saturated heterocycles. The van der Waals surface area contributed by atoms with Gasteiger partial charge in [-0.3, -0.25) is 4.79 Å². The van der Waals surface area contributed by atoms with Gasteiger partial charge in [0, 0.05) is 12.0 Å². The zero-order valence-corrected chi connectivity index (χ0v) is 14.5. The second-order valence-corrected chi connectivity index (χ2v) is 5.45. The Hall–Kier alpha value is -3.53. The van der Waals surface area contributed by atoms with Crippen molar-refractivity contribution >= 4 is 5.91 Å². The first-order valence-electron chi connectivity index (χ1n) is 7.89. The summed E-state index contributed by atoms with van der Waals surface area (Å²) in [5, 5.41) is 21.5. The third kappa shape index (κ3) is 4.74. The predicted molar refractivity (Wildman–Crippen MR) is 96.7 cm³/mol. The van der Waals surface area contributed by atoms with E-state index in [1.807, 2.05) is 30.3 Å². The molecular formula is C19H20N3O4+. The van der Waals surface area contributed by atoms with Crippen LogP contribution in [0.1, 0.15) is 15.9 Å². The highest BCUT2D eigenvalue weighted by Crippen LogP contribution is 2.27. The van der Waals surface area contributed by atoms with E-state index in [0.29, 0.717) is 23.5 Å². The summed E-state index contributed by atoms with van der Waals surface area (Å²) in [4.78, 5) is 15.4. The monoisotopic (exact) mass is 354 g/mol. The van der Waals surface area contributed by atoms with Crippen molar-refractivity contribution < 1.29 is 19.4 Å². The predicted octanol–water partition coefficient (Wildman–Crippen LogP) is 3.30. The molecule has 134 valence electrons. The number of carbonyl (C=O) groups excluding carboxylic acids is 1. The van der Waals surface area contributed by atoms with Gasteiger partial charge < -0.3 is 19.9 Å². The third-order valence-corrected chi connectivity index (χ3v) is 3.78. The average molecular weight is 354 g/mol. The van der Waals surface area contributed by atoms with Crippen molar-refractivity contribution in [2.75, 3.05) is 14.2 Å². The zero-order chi connectivity index (χ0) is 18.9. The second kappa shape index (κ2) is 9.08. The first-order chi connectivity index (χ1) is 12.6. The van der Waals surface area contributed by atoms with Crippen LogP contribution < -0.4 is 14.8 Å². The van der Waals surface area contributed by atoms with Gasteiger partial charge in [0.15, 0.2) is 16.5 Å². The molecular weight excluding hydrogens is 334 g/mol. The van der Waals surface area contributed by atoms with Gasteiger partial charge in [-0.15, -0.1) is 0 Å². The molecule has 0 unspecified atom stereocenters. The molecule has 2 rings (SSSR count). The standard InChI is InChI=1S/C19H19N3O4/c1-25-17-9-8-14(11-18(17)26-2)19(24)22-15(16(23)12-21-20)10-13-6-4-3-5-7-13/h3-9,11-12,15H,10H2,1-2H3,(H-,22,23,24)/p+1/t15-/m0/s1. The number of aliphatic hydroxyl groups is 1. The quantitative estimate of drug-likeness (QED) is 0.587. The Balaban J connectivity index is 2.23. The number of carbonyl (C=O) groups is 1. The van der Waals surface area contributed by atoms with E-state index in [-0.39, 0.29) is 5.76 Å². The number of diazo groups is 1. The summed E-state index contributed by atoms with van der Waals surface area (Å²) in [5.74, 6) is 0.256. The fourth-order valence-corrected chi connectivity index (χ4v) is 2.45. The number of benzene rings is 2. The smallest absolute Gasteiger partial charge is 0.389 e. The van der Waals surface area contributed by atoms with Crippen LogP contribution in [0.15, 0.2) is 60.5 Å². The minimum atomic E-state index is -0.756. The van der Waals surface area contributed by atoms with Gasteiger partial charge in [-0.1, -0.05) is 30.3 Å². The molecule has 0 saturated carbocycles. The second-order valence-electron chi connectivity index (χ2n) is 5.45. The van der Waals surface area contributed by atoms with Crippen molar-refractivity contribution in [1.29, 1.82) is 5.39 Å². The van der Waals surface area contributed by atoms with Crippen molar-refractivity contribution in [1.82, 2.24) is 5.32 Å². The Bertz CT molecular complexity index is 828. The Labute approximate surface area is 151 Å². The van der Waals surface area contributed by atoms with Crippen molar-refractivity contribution in [3.63, 3.8) is 0 Å². The van der Waals surface area contributed by atoms with E-state index in [0.717, 1.165) is 11.8 Å². The molecule has 0 aliphatic rings. The molecule has 7 nitrogen and oxygen atoms in total. The minimum Gasteiger partial charge on any atom is -0.504 e. The van der Waals surface area contributed by atoms with E-state index in [9.17, 15) is 9.90 Å². The molecule has 7 heteroatoms. The summed E-state index contributed by atoms with van der Waals surface area (Å²) in [5.41, 5.74) is 1.25. The summed E-state index contributed by atoms with van der Waals surface area (Å²) < 4.78 is 10.4. The molecule has 2 aromatic rings. The number of hydrogen-bond donors (Lipinski definition) is 2. The molecule has 1 amide bonds. The summed E-state index contributed by atoms with van der Waals surface area (Å²) in [6, 6.07) is 13.3. The number of aliphatic hydroxyl groups excluding tert-OH is 1. The van der Waals surface area contributed by atoms with Crippen LogP contribution in [0.3, 0.4) is 0 Å². The van der Waals surface area contributed by atoms with Gasteiger partial charge >= 0.3 is 6.20 Å². The largest absolute Gasteiger partial charge is 0.504 e. The number of nitrogens with one attached hydrogen (secondary N) is 1. The summed E-state index contributed by atoms with van der Waals surface area (Å²) in [6.45, 7) is 0. The maximum absolute atomic E-state index is 12.6. The normalized spacial score (nSPS) is 12.0. The number of rotatable bonds is 7. The summed E-state index contributed by atoms with van der Waals surface area (Å²) in [7, 11) is 2.99. The van der Waals surface area contributed by atoms with Gasteiger partial charge in [0.1, 0.15) is 0 Å². The van der Waals surface area contributed by atoms with Crippen LogP contribution >= 0.6 is 0 Å². The van der Waals surface area contributed by atoms with Crippen molar-refractivity contribution in [2.45, 2.75) is 12.5 Å². The lowest BCUT2D eigenvalue weighted by Crippen LogP contribution is -2.38. The summed E-state index contributed by atoms with van der Waals surface area (Å²) in [6.07, 6.45) is 1.22. The van der Waals surface area contributed by atoms with E-state index < -0.39 is 11.9 Å². The molecule has 0 bridgehead atoms. The highest BCUT2D eigenvalue weighted by Gasteiger charge is 2.22. The highest BCUT2D eigenvalue weighted by molar-refractivity contribution is 5.95. The van der Waals surface area contributed by atoms with Crippen LogP contribution in [-0.2, 0) is 6.42 Å². The number of hydrogen-bond acceptors (Lipinski definition) is 5. The van der Waals surface area contributed by atoms with Crippen LogP contribution in [0.4, 0.5) is 0 Å². The van der Waals surface area contributed by atoms with Gasteiger partial charge in [-0.2, -0.15) is 0 Å². The van der Waals surface area contributed by atoms with Gasteiger partial charge in [-0.05, 0) is 23.8 Å². The van der Waals surface area contributed by atoms with Crippen LogP contribution in [0.5, 0.6) is 11.5 Å². The molecule has 0 spiro atoms. The fourth-order valence-electron chi connectivity index (χ4n) is 2.45. The first-order valence-corrected chi connectivity index (χ1v) is 7.89. The van der Waals surface area contributed by atoms with Gasteiger partial charge in [0.25, 0.3) is 5.91 Å². The fraction of sp³-hybridized carbons (Fsp3) is 0.211. The molecule has 0 aromatic heterocycles. The van der Waals surface area contributed by atoms with Crippen molar-refractivity contribution in [3.8, 4) is 11.5 Å². The first kappa shape index (κ1) is 18.8. The van der Waals surface area contributed by atoms with E-state index >= 15 is 0 Å². The Morgan fingerprint density at radius 3 is 2.50 bits per heavy atom. The van der Waals surface area contributed by atoms with Crippen LogP contribution in [0, 0.1) is 5.39 Å². The number of nitrogens with zero attached hydrogens (tertiary/aromatic N) is 2. The number of methoxy groups -OCH3 is 2. The molecule has 26 heavy (non-hydrogen) atoms. The SMILES string of the molecule is COc1ccc(C(=O)N[C@@H](Cc2ccccc2)C(O)=C[N+]#N)cc1OC. The molecule has 0 aliphatic carbocycles. The molecule has 0 aliphatic heterocycles. The molecule has 2 N–H and O–H groups in total. The van der Waals surface area contributed by atoms with Crippen LogP contribution in [0.2, 0.25) is 0 Å².